The van der Waals surface area contributed by atoms with Gasteiger partial charge in [-0.15, -0.1) is 6.58 Å². The van der Waals surface area contributed by atoms with Crippen LogP contribution < -0.4 is 5.32 Å². The van der Waals surface area contributed by atoms with Crippen molar-refractivity contribution in [1.82, 2.24) is 5.32 Å². The molecule has 0 bridgehead atoms. The van der Waals surface area contributed by atoms with Crippen LogP contribution in [-0.4, -0.2) is 6.54 Å². The Bertz CT molecular complexity index is 426. The maximum atomic E-state index is 13.2. The van der Waals surface area contributed by atoms with Gasteiger partial charge in [0.2, 0.25) is 0 Å². The highest BCUT2D eigenvalue weighted by atomic mass is 19.4. The van der Waals surface area contributed by atoms with Crippen LogP contribution in [0.15, 0.2) is 30.9 Å². The first-order valence-corrected chi connectivity index (χ1v) is 6.11. The fourth-order valence-electron chi connectivity index (χ4n) is 1.80. The first-order valence-electron chi connectivity index (χ1n) is 6.11. The van der Waals surface area contributed by atoms with Gasteiger partial charge in [-0.05, 0) is 37.1 Å². The second-order valence-corrected chi connectivity index (χ2v) is 4.27. The lowest BCUT2D eigenvalue weighted by molar-refractivity contribution is -0.140. The second kappa shape index (κ2) is 6.70. The van der Waals surface area contributed by atoms with Crippen LogP contribution in [0.5, 0.6) is 0 Å². The van der Waals surface area contributed by atoms with Crippen molar-refractivity contribution in [2.45, 2.75) is 32.0 Å². The molecule has 0 aromatic heterocycles. The van der Waals surface area contributed by atoms with Crippen LogP contribution in [0.4, 0.5) is 17.6 Å². The summed E-state index contributed by atoms with van der Waals surface area (Å²) in [5, 5.41) is 3.12. The monoisotopic (exact) mass is 275 g/mol. The molecule has 1 atom stereocenters. The molecule has 0 aliphatic rings. The number of hydrogen-bond acceptors (Lipinski definition) is 1. The summed E-state index contributed by atoms with van der Waals surface area (Å²) >= 11 is 0. The molecule has 1 N–H and O–H groups in total. The highest BCUT2D eigenvalue weighted by Gasteiger charge is 2.34. The Labute approximate surface area is 110 Å². The van der Waals surface area contributed by atoms with Crippen molar-refractivity contribution in [1.29, 1.82) is 0 Å². The van der Waals surface area contributed by atoms with Gasteiger partial charge in [0.05, 0.1) is 5.56 Å². The maximum absolute atomic E-state index is 13.2. The lowest BCUT2D eigenvalue weighted by atomic mass is 10.0. The number of hydrogen-bond donors (Lipinski definition) is 1. The van der Waals surface area contributed by atoms with Gasteiger partial charge in [-0.25, -0.2) is 4.39 Å². The second-order valence-electron chi connectivity index (χ2n) is 4.27. The maximum Gasteiger partial charge on any atom is 0.419 e. The van der Waals surface area contributed by atoms with Gasteiger partial charge in [0.1, 0.15) is 5.82 Å². The quantitative estimate of drug-likeness (QED) is 0.597. The van der Waals surface area contributed by atoms with Gasteiger partial charge in [0.15, 0.2) is 0 Å². The van der Waals surface area contributed by atoms with E-state index in [9.17, 15) is 17.6 Å². The van der Waals surface area contributed by atoms with Gasteiger partial charge < -0.3 is 5.32 Å². The van der Waals surface area contributed by atoms with E-state index in [0.29, 0.717) is 18.5 Å². The minimum absolute atomic E-state index is 0.279. The van der Waals surface area contributed by atoms with Crippen molar-refractivity contribution in [3.05, 3.63) is 47.8 Å². The summed E-state index contributed by atoms with van der Waals surface area (Å²) in [5.74, 6) is -1.25. The third-order valence-corrected chi connectivity index (χ3v) is 2.74. The fraction of sp³-hybridized carbons (Fsp3) is 0.429. The number of rotatable bonds is 6. The van der Waals surface area contributed by atoms with Gasteiger partial charge in [0, 0.05) is 6.04 Å². The third-order valence-electron chi connectivity index (χ3n) is 2.74. The predicted molar refractivity (Wildman–Crippen MR) is 67.3 cm³/mol. The summed E-state index contributed by atoms with van der Waals surface area (Å²) in [4.78, 5) is 0. The fourth-order valence-corrected chi connectivity index (χ4v) is 1.80. The Kier molecular flexibility index (Phi) is 5.54. The van der Waals surface area contributed by atoms with E-state index in [1.807, 2.05) is 6.92 Å². The first-order chi connectivity index (χ1) is 8.90. The highest BCUT2D eigenvalue weighted by Crippen LogP contribution is 2.33. The Morgan fingerprint density at radius 1 is 1.37 bits per heavy atom. The molecule has 0 radical (unpaired) electrons. The van der Waals surface area contributed by atoms with E-state index in [2.05, 4.69) is 11.9 Å². The molecule has 0 saturated heterocycles. The predicted octanol–water partition coefficient (Wildman–Crippen LogP) is 4.46. The summed E-state index contributed by atoms with van der Waals surface area (Å²) in [6.07, 6.45) is -1.70. The van der Waals surface area contributed by atoms with E-state index >= 15 is 0 Å². The van der Waals surface area contributed by atoms with Crippen LogP contribution in [0.25, 0.3) is 0 Å². The standard InChI is InChI=1S/C14H17F4N/c1-3-5-13(19-8-4-2)10-6-7-12(15)11(9-10)14(16,17)18/h3,6-7,9,13,19H,1,4-5,8H2,2H3. The molecule has 1 aromatic carbocycles. The van der Waals surface area contributed by atoms with E-state index in [-0.39, 0.29) is 6.04 Å². The third kappa shape index (κ3) is 4.35. The van der Waals surface area contributed by atoms with Crippen molar-refractivity contribution in [3.8, 4) is 0 Å². The largest absolute Gasteiger partial charge is 0.419 e. The molecule has 0 saturated carbocycles. The van der Waals surface area contributed by atoms with E-state index in [4.69, 9.17) is 0 Å². The molecule has 0 aliphatic carbocycles. The molecular weight excluding hydrogens is 258 g/mol. The van der Waals surface area contributed by atoms with Crippen LogP contribution in [-0.2, 0) is 6.18 Å². The molecular formula is C14H17F4N. The molecule has 19 heavy (non-hydrogen) atoms. The summed E-state index contributed by atoms with van der Waals surface area (Å²) < 4.78 is 51.2. The number of halogens is 4. The average molecular weight is 275 g/mol. The van der Waals surface area contributed by atoms with E-state index < -0.39 is 17.6 Å². The van der Waals surface area contributed by atoms with Crippen molar-refractivity contribution in [2.24, 2.45) is 0 Å². The van der Waals surface area contributed by atoms with Gasteiger partial charge >= 0.3 is 6.18 Å². The summed E-state index contributed by atoms with van der Waals surface area (Å²) in [6, 6.07) is 2.83. The molecule has 5 heteroatoms. The summed E-state index contributed by atoms with van der Waals surface area (Å²) in [7, 11) is 0. The van der Waals surface area contributed by atoms with E-state index in [1.165, 1.54) is 6.07 Å². The van der Waals surface area contributed by atoms with E-state index in [0.717, 1.165) is 18.6 Å². The Balaban J connectivity index is 3.06. The molecule has 0 aliphatic heterocycles. The SMILES string of the molecule is C=CCC(NCCC)c1ccc(F)c(C(F)(F)F)c1. The normalized spacial score (nSPS) is 13.3. The Morgan fingerprint density at radius 3 is 2.58 bits per heavy atom. The molecule has 0 spiro atoms. The van der Waals surface area contributed by atoms with E-state index in [1.54, 1.807) is 6.08 Å². The Hall–Kier alpha value is -1.36. The van der Waals surface area contributed by atoms with Crippen LogP contribution >= 0.6 is 0 Å². The van der Waals surface area contributed by atoms with Gasteiger partial charge in [-0.3, -0.25) is 0 Å². The first kappa shape index (κ1) is 15.7. The van der Waals surface area contributed by atoms with Crippen molar-refractivity contribution >= 4 is 0 Å². The van der Waals surface area contributed by atoms with Crippen molar-refractivity contribution < 1.29 is 17.6 Å². The smallest absolute Gasteiger partial charge is 0.310 e. The number of nitrogens with one attached hydrogen (secondary N) is 1. The van der Waals surface area contributed by atoms with Gasteiger partial charge in [-0.2, -0.15) is 13.2 Å². The molecule has 1 rings (SSSR count). The molecule has 0 amide bonds. The van der Waals surface area contributed by atoms with Crippen LogP contribution in [0.3, 0.4) is 0 Å². The number of alkyl halides is 3. The lowest BCUT2D eigenvalue weighted by Gasteiger charge is -2.19. The minimum atomic E-state index is -4.68. The number of benzene rings is 1. The molecule has 1 nitrogen and oxygen atoms in total. The molecule has 1 aromatic rings. The topological polar surface area (TPSA) is 12.0 Å². The van der Waals surface area contributed by atoms with Crippen molar-refractivity contribution in [2.75, 3.05) is 6.54 Å². The van der Waals surface area contributed by atoms with Crippen LogP contribution in [0.2, 0.25) is 0 Å². The minimum Gasteiger partial charge on any atom is -0.310 e. The highest BCUT2D eigenvalue weighted by molar-refractivity contribution is 5.29. The van der Waals surface area contributed by atoms with Gasteiger partial charge in [-0.1, -0.05) is 19.1 Å². The van der Waals surface area contributed by atoms with Crippen LogP contribution in [0, 0.1) is 5.82 Å². The molecule has 1 unspecified atom stereocenters. The lowest BCUT2D eigenvalue weighted by Crippen LogP contribution is -2.22. The zero-order chi connectivity index (χ0) is 14.5. The molecule has 106 valence electrons. The summed E-state index contributed by atoms with van der Waals surface area (Å²) in [5.41, 5.74) is -0.806. The molecule has 0 heterocycles. The zero-order valence-corrected chi connectivity index (χ0v) is 10.7. The zero-order valence-electron chi connectivity index (χ0n) is 10.7. The van der Waals surface area contributed by atoms with Gasteiger partial charge in [0.25, 0.3) is 0 Å². The molecule has 0 fully saturated rings. The Morgan fingerprint density at radius 2 is 2.05 bits per heavy atom. The van der Waals surface area contributed by atoms with Crippen molar-refractivity contribution in [3.63, 3.8) is 0 Å². The average Bonchev–Trinajstić information content (AvgIpc) is 2.34. The summed E-state index contributed by atoms with van der Waals surface area (Å²) in [6.45, 7) is 6.23. The van der Waals surface area contributed by atoms with Crippen LogP contribution in [0.1, 0.15) is 36.9 Å².